The van der Waals surface area contributed by atoms with Crippen LogP contribution in [0.1, 0.15) is 39.0 Å². The highest BCUT2D eigenvalue weighted by Gasteiger charge is 2.14. The van der Waals surface area contributed by atoms with Gasteiger partial charge in [0.1, 0.15) is 5.75 Å². The van der Waals surface area contributed by atoms with Crippen LogP contribution >= 0.6 is 11.8 Å². The van der Waals surface area contributed by atoms with Crippen molar-refractivity contribution in [2.75, 3.05) is 12.9 Å². The lowest BCUT2D eigenvalue weighted by Gasteiger charge is -2.10. The molecule has 0 bridgehead atoms. The SMILES string of the molecule is CCCCn1c(SCCCCCn2cccn2)nnc1-c1ccc(OC)cc1. The van der Waals surface area contributed by atoms with Crippen molar-refractivity contribution in [1.82, 2.24) is 24.5 Å². The van der Waals surface area contributed by atoms with Crippen LogP contribution in [0.2, 0.25) is 0 Å². The number of ether oxygens (including phenoxy) is 1. The molecule has 6 nitrogen and oxygen atoms in total. The molecule has 0 radical (unpaired) electrons. The molecule has 0 amide bonds. The fourth-order valence-corrected chi connectivity index (χ4v) is 3.98. The quantitative estimate of drug-likeness (QED) is 0.320. The van der Waals surface area contributed by atoms with Crippen LogP contribution < -0.4 is 4.74 Å². The van der Waals surface area contributed by atoms with E-state index < -0.39 is 0 Å². The summed E-state index contributed by atoms with van der Waals surface area (Å²) in [7, 11) is 1.68. The number of aryl methyl sites for hydroxylation is 1. The number of hydrogen-bond acceptors (Lipinski definition) is 5. The average Bonchev–Trinajstić information content (AvgIpc) is 3.39. The Morgan fingerprint density at radius 3 is 2.57 bits per heavy atom. The fraction of sp³-hybridized carbons (Fsp3) is 0.476. The normalized spacial score (nSPS) is 11.1. The molecule has 0 atom stereocenters. The van der Waals surface area contributed by atoms with Crippen molar-refractivity contribution in [2.45, 2.75) is 57.3 Å². The molecule has 3 aromatic rings. The summed E-state index contributed by atoms with van der Waals surface area (Å²) >= 11 is 1.81. The summed E-state index contributed by atoms with van der Waals surface area (Å²) in [6.07, 6.45) is 9.65. The van der Waals surface area contributed by atoms with Crippen LogP contribution in [0.4, 0.5) is 0 Å². The standard InChI is InChI=1S/C21H29N5OS/c1-3-4-16-26-20(18-9-11-19(27-2)12-10-18)23-24-21(26)28-17-7-5-6-14-25-15-8-13-22-25/h8-13,15H,3-7,14,16-17H2,1-2H3. The van der Waals surface area contributed by atoms with Crippen molar-refractivity contribution >= 4 is 11.8 Å². The monoisotopic (exact) mass is 399 g/mol. The average molecular weight is 400 g/mol. The van der Waals surface area contributed by atoms with Gasteiger partial charge in [-0.1, -0.05) is 31.5 Å². The molecule has 1 aromatic carbocycles. The van der Waals surface area contributed by atoms with E-state index in [4.69, 9.17) is 4.74 Å². The summed E-state index contributed by atoms with van der Waals surface area (Å²) in [5, 5.41) is 14.2. The Labute approximate surface area is 171 Å². The van der Waals surface area contributed by atoms with Gasteiger partial charge in [-0.2, -0.15) is 5.10 Å². The second-order valence-electron chi connectivity index (χ2n) is 6.72. The largest absolute Gasteiger partial charge is 0.497 e. The van der Waals surface area contributed by atoms with Gasteiger partial charge < -0.3 is 9.30 Å². The highest BCUT2D eigenvalue weighted by Crippen LogP contribution is 2.26. The first-order valence-corrected chi connectivity index (χ1v) is 11.0. The molecule has 0 aliphatic rings. The van der Waals surface area contributed by atoms with E-state index in [-0.39, 0.29) is 0 Å². The zero-order valence-corrected chi connectivity index (χ0v) is 17.6. The minimum Gasteiger partial charge on any atom is -0.497 e. The minimum absolute atomic E-state index is 0.855. The topological polar surface area (TPSA) is 57.8 Å². The lowest BCUT2D eigenvalue weighted by atomic mass is 10.2. The predicted molar refractivity (Wildman–Crippen MR) is 114 cm³/mol. The van der Waals surface area contributed by atoms with Crippen molar-refractivity contribution in [3.63, 3.8) is 0 Å². The van der Waals surface area contributed by atoms with Crippen LogP contribution in [0, 0.1) is 0 Å². The van der Waals surface area contributed by atoms with Gasteiger partial charge in [-0.25, -0.2) is 0 Å². The molecule has 0 aliphatic heterocycles. The van der Waals surface area contributed by atoms with Crippen LogP contribution in [0.3, 0.4) is 0 Å². The van der Waals surface area contributed by atoms with Crippen LogP contribution in [0.25, 0.3) is 11.4 Å². The Bertz CT molecular complexity index is 814. The molecule has 150 valence electrons. The number of hydrogen-bond donors (Lipinski definition) is 0. The first kappa shape index (κ1) is 20.5. The number of unbranched alkanes of at least 4 members (excludes halogenated alkanes) is 3. The van der Waals surface area contributed by atoms with E-state index in [2.05, 4.69) is 38.9 Å². The lowest BCUT2D eigenvalue weighted by Crippen LogP contribution is -2.03. The highest BCUT2D eigenvalue weighted by atomic mass is 32.2. The summed E-state index contributed by atoms with van der Waals surface area (Å²) in [6.45, 7) is 4.16. The molecule has 0 fully saturated rings. The van der Waals surface area contributed by atoms with Crippen LogP contribution in [0.15, 0.2) is 47.9 Å². The van der Waals surface area contributed by atoms with E-state index >= 15 is 0 Å². The molecule has 28 heavy (non-hydrogen) atoms. The first-order chi connectivity index (χ1) is 13.8. The van der Waals surface area contributed by atoms with Gasteiger partial charge in [0.2, 0.25) is 0 Å². The number of nitrogens with zero attached hydrogens (tertiary/aromatic N) is 5. The Kier molecular flexibility index (Phi) is 7.96. The molecule has 0 saturated carbocycles. The van der Waals surface area contributed by atoms with E-state index in [0.717, 1.165) is 60.4 Å². The number of rotatable bonds is 12. The van der Waals surface area contributed by atoms with E-state index in [1.807, 2.05) is 47.0 Å². The van der Waals surface area contributed by atoms with Gasteiger partial charge in [-0.05, 0) is 49.6 Å². The third-order valence-corrected chi connectivity index (χ3v) is 5.68. The molecule has 0 N–H and O–H groups in total. The fourth-order valence-electron chi connectivity index (χ4n) is 3.02. The molecule has 2 aromatic heterocycles. The number of methoxy groups -OCH3 is 1. The Hall–Kier alpha value is -2.28. The van der Waals surface area contributed by atoms with Gasteiger partial charge in [-0.15, -0.1) is 10.2 Å². The molecule has 0 spiro atoms. The van der Waals surface area contributed by atoms with Crippen LogP contribution in [0.5, 0.6) is 5.75 Å². The smallest absolute Gasteiger partial charge is 0.191 e. The maximum atomic E-state index is 5.26. The van der Waals surface area contributed by atoms with Crippen molar-refractivity contribution in [1.29, 1.82) is 0 Å². The molecule has 0 saturated heterocycles. The third kappa shape index (κ3) is 5.61. The summed E-state index contributed by atoms with van der Waals surface area (Å²) in [4.78, 5) is 0. The van der Waals surface area contributed by atoms with Crippen LogP contribution in [-0.4, -0.2) is 37.4 Å². The van der Waals surface area contributed by atoms with Gasteiger partial charge >= 0.3 is 0 Å². The predicted octanol–water partition coefficient (Wildman–Crippen LogP) is 4.91. The lowest BCUT2D eigenvalue weighted by molar-refractivity contribution is 0.415. The molecule has 2 heterocycles. The van der Waals surface area contributed by atoms with Crippen molar-refractivity contribution in [3.05, 3.63) is 42.7 Å². The zero-order valence-electron chi connectivity index (χ0n) is 16.8. The van der Waals surface area contributed by atoms with E-state index in [0.29, 0.717) is 0 Å². The van der Waals surface area contributed by atoms with Crippen molar-refractivity contribution in [3.8, 4) is 17.1 Å². The van der Waals surface area contributed by atoms with Crippen LogP contribution in [-0.2, 0) is 13.1 Å². The summed E-state index contributed by atoms with van der Waals surface area (Å²) in [5.41, 5.74) is 1.08. The second-order valence-corrected chi connectivity index (χ2v) is 7.78. The Morgan fingerprint density at radius 1 is 1.00 bits per heavy atom. The zero-order chi connectivity index (χ0) is 19.6. The number of aromatic nitrogens is 5. The van der Waals surface area contributed by atoms with E-state index in [1.54, 1.807) is 7.11 Å². The maximum absolute atomic E-state index is 5.26. The van der Waals surface area contributed by atoms with E-state index in [9.17, 15) is 0 Å². The summed E-state index contributed by atoms with van der Waals surface area (Å²) < 4.78 is 9.52. The summed E-state index contributed by atoms with van der Waals surface area (Å²) in [6, 6.07) is 10.0. The first-order valence-electron chi connectivity index (χ1n) is 9.99. The van der Waals surface area contributed by atoms with Crippen molar-refractivity contribution in [2.24, 2.45) is 0 Å². The molecular weight excluding hydrogens is 370 g/mol. The van der Waals surface area contributed by atoms with Gasteiger partial charge in [-0.3, -0.25) is 4.68 Å². The minimum atomic E-state index is 0.855. The summed E-state index contributed by atoms with van der Waals surface area (Å²) in [5.74, 6) is 2.86. The number of benzene rings is 1. The Balaban J connectivity index is 1.56. The van der Waals surface area contributed by atoms with E-state index in [1.165, 1.54) is 12.8 Å². The van der Waals surface area contributed by atoms with Gasteiger partial charge in [0.25, 0.3) is 0 Å². The number of thioether (sulfide) groups is 1. The van der Waals surface area contributed by atoms with Gasteiger partial charge in [0.05, 0.1) is 7.11 Å². The molecular formula is C21H29N5OS. The Morgan fingerprint density at radius 2 is 1.86 bits per heavy atom. The molecule has 0 unspecified atom stereocenters. The third-order valence-electron chi connectivity index (χ3n) is 4.62. The van der Waals surface area contributed by atoms with Gasteiger partial charge in [0.15, 0.2) is 11.0 Å². The second kappa shape index (κ2) is 10.9. The molecule has 7 heteroatoms. The molecule has 0 aliphatic carbocycles. The molecule has 3 rings (SSSR count). The maximum Gasteiger partial charge on any atom is 0.191 e. The van der Waals surface area contributed by atoms with Crippen molar-refractivity contribution < 1.29 is 4.74 Å². The van der Waals surface area contributed by atoms with Gasteiger partial charge in [0, 0.05) is 36.8 Å². The highest BCUT2D eigenvalue weighted by molar-refractivity contribution is 7.99.